The number of fused-ring (bicyclic) bond motifs is 2. The first-order chi connectivity index (χ1) is 19.1. The van der Waals surface area contributed by atoms with Crippen LogP contribution in [0.4, 0.5) is 13.6 Å². The van der Waals surface area contributed by atoms with Crippen LogP contribution in [0.15, 0.2) is 30.3 Å². The second-order valence-electron chi connectivity index (χ2n) is 12.8. The van der Waals surface area contributed by atoms with E-state index in [9.17, 15) is 18.4 Å². The number of rotatable bonds is 10. The topological polar surface area (TPSA) is 65.1 Å². The molecule has 3 aliphatic heterocycles. The number of hydrogen-bond acceptors (Lipinski definition) is 4. The average molecular weight is 561 g/mol. The van der Waals surface area contributed by atoms with Crippen LogP contribution in [0.5, 0.6) is 0 Å². The lowest BCUT2D eigenvalue weighted by Gasteiger charge is -2.49. The van der Waals surface area contributed by atoms with Crippen molar-refractivity contribution < 1.29 is 23.1 Å². The van der Waals surface area contributed by atoms with Gasteiger partial charge >= 0.3 is 6.03 Å². The number of ether oxygens (including phenoxy) is 1. The highest BCUT2D eigenvalue weighted by Gasteiger charge is 2.57. The maximum Gasteiger partial charge on any atom is 0.320 e. The Balaban J connectivity index is 1.25. The maximum absolute atomic E-state index is 13.7. The molecule has 1 aromatic rings. The summed E-state index contributed by atoms with van der Waals surface area (Å²) in [4.78, 5) is 33.3. The summed E-state index contributed by atoms with van der Waals surface area (Å²) in [7, 11) is 1.67. The number of benzene rings is 1. The molecule has 1 aliphatic carbocycles. The number of hydrogen-bond donors (Lipinski definition) is 1. The van der Waals surface area contributed by atoms with E-state index in [2.05, 4.69) is 29.0 Å². The van der Waals surface area contributed by atoms with Crippen LogP contribution in [0.1, 0.15) is 83.2 Å². The molecule has 1 spiro atoms. The zero-order valence-electron chi connectivity index (χ0n) is 24.3. The normalized spacial score (nSPS) is 29.5. The number of piperidine rings is 1. The van der Waals surface area contributed by atoms with Crippen LogP contribution < -0.4 is 5.32 Å². The van der Waals surface area contributed by atoms with Gasteiger partial charge in [-0.1, -0.05) is 30.3 Å². The predicted molar refractivity (Wildman–Crippen MR) is 150 cm³/mol. The Labute approximate surface area is 237 Å². The molecule has 2 unspecified atom stereocenters. The standard InChI is InChI=1S/C31H46F2N4O3/c1-22(2)37-29(39)35(17-18-40-3)21-30(37)19-25-9-10-26(20-30)36(25)16-13-27(23-7-5-4-6-8-23)34-28(38)24-11-14-31(32,33)15-12-24/h4-8,22,24-27H,9-21H2,1-3H3,(H,34,38)/t25?,26?,27-,30?/m0/s1. The van der Waals surface area contributed by atoms with Gasteiger partial charge in [0.25, 0.3) is 0 Å². The number of alkyl halides is 2. The number of carbonyl (C=O) groups is 2. The summed E-state index contributed by atoms with van der Waals surface area (Å²) in [6.45, 7) is 7.02. The third-order valence-corrected chi connectivity index (χ3v) is 9.84. The van der Waals surface area contributed by atoms with Crippen LogP contribution in [0, 0.1) is 5.92 Å². The van der Waals surface area contributed by atoms with Crippen molar-refractivity contribution in [3.05, 3.63) is 35.9 Å². The van der Waals surface area contributed by atoms with Gasteiger partial charge in [-0.15, -0.1) is 0 Å². The number of methoxy groups -OCH3 is 1. The van der Waals surface area contributed by atoms with Crippen molar-refractivity contribution in [2.45, 2.75) is 107 Å². The van der Waals surface area contributed by atoms with E-state index in [-0.39, 0.29) is 61.2 Å². The lowest BCUT2D eigenvalue weighted by atomic mass is 9.81. The van der Waals surface area contributed by atoms with Gasteiger partial charge in [-0.2, -0.15) is 0 Å². The number of nitrogens with one attached hydrogen (secondary N) is 1. The molecular formula is C31H46F2N4O3. The lowest BCUT2D eigenvalue weighted by molar-refractivity contribution is -0.130. The molecule has 222 valence electrons. The van der Waals surface area contributed by atoms with Crippen molar-refractivity contribution in [1.29, 1.82) is 0 Å². The zero-order chi connectivity index (χ0) is 28.5. The highest BCUT2D eigenvalue weighted by atomic mass is 19.3. The number of amides is 3. The summed E-state index contributed by atoms with van der Waals surface area (Å²) in [5.74, 6) is -3.09. The van der Waals surface area contributed by atoms with Gasteiger partial charge in [0.2, 0.25) is 11.8 Å². The minimum absolute atomic E-state index is 0.0990. The van der Waals surface area contributed by atoms with E-state index in [0.29, 0.717) is 25.2 Å². The quantitative estimate of drug-likeness (QED) is 0.426. The second kappa shape index (κ2) is 11.9. The van der Waals surface area contributed by atoms with Crippen LogP contribution in [-0.2, 0) is 9.53 Å². The van der Waals surface area contributed by atoms with Gasteiger partial charge in [0.1, 0.15) is 0 Å². The summed E-state index contributed by atoms with van der Waals surface area (Å²) in [6, 6.07) is 10.9. The molecule has 1 saturated carbocycles. The van der Waals surface area contributed by atoms with E-state index < -0.39 is 5.92 Å². The summed E-state index contributed by atoms with van der Waals surface area (Å²) in [5.41, 5.74) is 0.913. The molecule has 3 atom stereocenters. The van der Waals surface area contributed by atoms with Crippen molar-refractivity contribution in [2.24, 2.45) is 5.92 Å². The second-order valence-corrected chi connectivity index (χ2v) is 12.8. The molecule has 4 fully saturated rings. The third kappa shape index (κ3) is 6.01. The molecule has 1 N–H and O–H groups in total. The van der Waals surface area contributed by atoms with Gasteiger partial charge in [0.15, 0.2) is 0 Å². The van der Waals surface area contributed by atoms with E-state index in [1.165, 1.54) is 0 Å². The van der Waals surface area contributed by atoms with Crippen molar-refractivity contribution in [3.63, 3.8) is 0 Å². The SMILES string of the molecule is COCCN1CC2(CC3CCC(C2)N3CC[C@H](NC(=O)C2CCC(F)(F)CC2)c2ccccc2)N(C(C)C)C1=O. The molecule has 1 aromatic carbocycles. The maximum atomic E-state index is 13.7. The fourth-order valence-corrected chi connectivity index (χ4v) is 7.98. The summed E-state index contributed by atoms with van der Waals surface area (Å²) >= 11 is 0. The van der Waals surface area contributed by atoms with E-state index in [4.69, 9.17) is 4.74 Å². The third-order valence-electron chi connectivity index (χ3n) is 9.84. The van der Waals surface area contributed by atoms with E-state index in [1.807, 2.05) is 35.2 Å². The molecule has 9 heteroatoms. The van der Waals surface area contributed by atoms with Crippen molar-refractivity contribution in [1.82, 2.24) is 20.0 Å². The van der Waals surface area contributed by atoms with Gasteiger partial charge in [-0.25, -0.2) is 13.6 Å². The van der Waals surface area contributed by atoms with Crippen LogP contribution in [0.3, 0.4) is 0 Å². The fourth-order valence-electron chi connectivity index (χ4n) is 7.98. The molecule has 7 nitrogen and oxygen atoms in total. The van der Waals surface area contributed by atoms with Crippen LogP contribution in [-0.4, -0.2) is 89.6 Å². The number of nitrogens with zero attached hydrogens (tertiary/aromatic N) is 3. The van der Waals surface area contributed by atoms with Crippen LogP contribution in [0.2, 0.25) is 0 Å². The Hall–Kier alpha value is -2.26. The molecule has 40 heavy (non-hydrogen) atoms. The van der Waals surface area contributed by atoms with Gasteiger partial charge in [0, 0.05) is 63.6 Å². The summed E-state index contributed by atoms with van der Waals surface area (Å²) in [5, 5.41) is 3.24. The highest BCUT2D eigenvalue weighted by Crippen LogP contribution is 2.47. The molecule has 3 heterocycles. The largest absolute Gasteiger partial charge is 0.383 e. The van der Waals surface area contributed by atoms with Crippen molar-refractivity contribution >= 4 is 11.9 Å². The first-order valence-electron chi connectivity index (χ1n) is 15.2. The first-order valence-corrected chi connectivity index (χ1v) is 15.2. The zero-order valence-corrected chi connectivity index (χ0v) is 24.3. The Morgan fingerprint density at radius 2 is 1.70 bits per heavy atom. The number of halogens is 2. The van der Waals surface area contributed by atoms with E-state index in [1.54, 1.807) is 7.11 Å². The summed E-state index contributed by atoms with van der Waals surface area (Å²) in [6.07, 6.45) is 5.02. The average Bonchev–Trinajstić information content (AvgIpc) is 3.33. The Morgan fingerprint density at radius 1 is 1.05 bits per heavy atom. The summed E-state index contributed by atoms with van der Waals surface area (Å²) < 4.78 is 32.6. The molecule has 0 aromatic heterocycles. The molecular weight excluding hydrogens is 514 g/mol. The molecule has 3 amide bonds. The van der Waals surface area contributed by atoms with Gasteiger partial charge < -0.3 is 19.9 Å². The molecule has 2 bridgehead atoms. The van der Waals surface area contributed by atoms with Crippen molar-refractivity contribution in [3.8, 4) is 0 Å². The first kappa shape index (κ1) is 29.2. The number of carbonyl (C=O) groups excluding carboxylic acids is 2. The van der Waals surface area contributed by atoms with Crippen molar-refractivity contribution in [2.75, 3.05) is 33.4 Å². The molecule has 5 rings (SSSR count). The molecule has 0 radical (unpaired) electrons. The smallest absolute Gasteiger partial charge is 0.320 e. The van der Waals surface area contributed by atoms with Gasteiger partial charge in [0.05, 0.1) is 18.2 Å². The number of urea groups is 1. The van der Waals surface area contributed by atoms with Gasteiger partial charge in [-0.3, -0.25) is 9.69 Å². The van der Waals surface area contributed by atoms with E-state index >= 15 is 0 Å². The Morgan fingerprint density at radius 3 is 2.30 bits per heavy atom. The fraction of sp³-hybridized carbons (Fsp3) is 0.742. The Kier molecular flexibility index (Phi) is 8.72. The van der Waals surface area contributed by atoms with Crippen LogP contribution in [0.25, 0.3) is 0 Å². The lowest BCUT2D eigenvalue weighted by Crippen LogP contribution is -2.60. The molecule has 4 aliphatic rings. The highest BCUT2D eigenvalue weighted by molar-refractivity contribution is 5.79. The monoisotopic (exact) mass is 560 g/mol. The van der Waals surface area contributed by atoms with Crippen LogP contribution >= 0.6 is 0 Å². The van der Waals surface area contributed by atoms with E-state index in [0.717, 1.165) is 50.8 Å². The minimum atomic E-state index is -2.64. The Bertz CT molecular complexity index is 1010. The molecule has 3 saturated heterocycles. The predicted octanol–water partition coefficient (Wildman–Crippen LogP) is 5.22. The van der Waals surface area contributed by atoms with Gasteiger partial charge in [-0.05, 0) is 64.4 Å². The minimum Gasteiger partial charge on any atom is -0.383 e.